The van der Waals surface area contributed by atoms with Crippen molar-refractivity contribution in [2.75, 3.05) is 6.54 Å². The zero-order valence-electron chi connectivity index (χ0n) is 15.4. The molecule has 0 bridgehead atoms. The Morgan fingerprint density at radius 3 is 2.50 bits per heavy atom. The summed E-state index contributed by atoms with van der Waals surface area (Å²) in [6.45, 7) is 8.35. The van der Waals surface area contributed by atoms with Gasteiger partial charge in [0.05, 0.1) is 23.3 Å². The Labute approximate surface area is 153 Å². The zero-order chi connectivity index (χ0) is 18.9. The standard InChI is InChI=1S/C18H23N5O2S/c1-12-8-18(13(2)7-17(12)16-10-19-20-11-16)26(24,25)21-5-6-23-15(4)9-14(3)22-23/h7-11,21H,5-6H2,1-4H3,(H,19,20). The summed E-state index contributed by atoms with van der Waals surface area (Å²) in [4.78, 5) is 0.301. The van der Waals surface area contributed by atoms with Gasteiger partial charge >= 0.3 is 0 Å². The summed E-state index contributed by atoms with van der Waals surface area (Å²) in [5, 5.41) is 11.1. The molecule has 0 radical (unpaired) electrons. The Bertz CT molecular complexity index is 1020. The molecule has 2 heterocycles. The average molecular weight is 373 g/mol. The molecule has 26 heavy (non-hydrogen) atoms. The smallest absolute Gasteiger partial charge is 0.240 e. The van der Waals surface area contributed by atoms with Gasteiger partial charge in [-0.3, -0.25) is 9.78 Å². The summed E-state index contributed by atoms with van der Waals surface area (Å²) < 4.78 is 29.9. The van der Waals surface area contributed by atoms with Crippen LogP contribution >= 0.6 is 0 Å². The molecular weight excluding hydrogens is 350 g/mol. The Balaban J connectivity index is 1.78. The van der Waals surface area contributed by atoms with Crippen LogP contribution in [0.5, 0.6) is 0 Å². The molecule has 0 saturated carbocycles. The highest BCUT2D eigenvalue weighted by molar-refractivity contribution is 7.89. The van der Waals surface area contributed by atoms with Gasteiger partial charge in [0.25, 0.3) is 0 Å². The van der Waals surface area contributed by atoms with Crippen LogP contribution in [-0.4, -0.2) is 34.9 Å². The molecule has 3 rings (SSSR count). The van der Waals surface area contributed by atoms with Crippen LogP contribution in [0.15, 0.2) is 35.5 Å². The number of aryl methyl sites for hydroxylation is 4. The molecule has 7 nitrogen and oxygen atoms in total. The predicted molar refractivity (Wildman–Crippen MR) is 100 cm³/mol. The quantitative estimate of drug-likeness (QED) is 0.694. The molecule has 2 aromatic heterocycles. The highest BCUT2D eigenvalue weighted by Gasteiger charge is 2.19. The van der Waals surface area contributed by atoms with E-state index in [0.29, 0.717) is 17.0 Å². The number of nitrogens with one attached hydrogen (secondary N) is 2. The van der Waals surface area contributed by atoms with Crippen LogP contribution < -0.4 is 4.72 Å². The largest absolute Gasteiger partial charge is 0.285 e. The van der Waals surface area contributed by atoms with Crippen molar-refractivity contribution >= 4 is 10.0 Å². The predicted octanol–water partition coefficient (Wildman–Crippen LogP) is 2.49. The molecule has 0 aliphatic rings. The Morgan fingerprint density at radius 2 is 1.88 bits per heavy atom. The number of nitrogens with zero attached hydrogens (tertiary/aromatic N) is 3. The van der Waals surface area contributed by atoms with E-state index in [-0.39, 0.29) is 6.54 Å². The monoisotopic (exact) mass is 373 g/mol. The molecule has 0 saturated heterocycles. The van der Waals surface area contributed by atoms with Crippen LogP contribution in [0.25, 0.3) is 11.1 Å². The van der Waals surface area contributed by atoms with Gasteiger partial charge in [-0.2, -0.15) is 10.2 Å². The molecule has 0 unspecified atom stereocenters. The summed E-state index contributed by atoms with van der Waals surface area (Å²) in [7, 11) is -3.59. The second kappa shape index (κ2) is 7.05. The van der Waals surface area contributed by atoms with E-state index < -0.39 is 10.0 Å². The van der Waals surface area contributed by atoms with Gasteiger partial charge in [-0.15, -0.1) is 0 Å². The lowest BCUT2D eigenvalue weighted by Gasteiger charge is -2.13. The maximum Gasteiger partial charge on any atom is 0.240 e. The molecule has 1 aromatic carbocycles. The van der Waals surface area contributed by atoms with Crippen molar-refractivity contribution in [2.24, 2.45) is 0 Å². The van der Waals surface area contributed by atoms with Crippen LogP contribution in [0.3, 0.4) is 0 Å². The van der Waals surface area contributed by atoms with Crippen LogP contribution in [0, 0.1) is 27.7 Å². The van der Waals surface area contributed by atoms with Crippen molar-refractivity contribution in [1.82, 2.24) is 24.7 Å². The number of rotatable bonds is 6. The summed E-state index contributed by atoms with van der Waals surface area (Å²) in [5.41, 5.74) is 5.43. The van der Waals surface area contributed by atoms with Crippen LogP contribution in [-0.2, 0) is 16.6 Å². The van der Waals surface area contributed by atoms with E-state index in [4.69, 9.17) is 0 Å². The fourth-order valence-electron chi connectivity index (χ4n) is 3.05. The van der Waals surface area contributed by atoms with Gasteiger partial charge in [-0.1, -0.05) is 0 Å². The first-order chi connectivity index (χ1) is 12.3. The highest BCUT2D eigenvalue weighted by Crippen LogP contribution is 2.27. The minimum absolute atomic E-state index is 0.284. The van der Waals surface area contributed by atoms with E-state index in [2.05, 4.69) is 20.0 Å². The molecule has 0 aliphatic carbocycles. The third kappa shape index (κ3) is 3.71. The molecule has 0 atom stereocenters. The minimum Gasteiger partial charge on any atom is -0.285 e. The third-order valence-corrected chi connectivity index (χ3v) is 5.94. The SMILES string of the molecule is Cc1cc(C)n(CCNS(=O)(=O)c2cc(C)c(-c3cn[nH]c3)cc2C)n1. The lowest BCUT2D eigenvalue weighted by molar-refractivity contribution is 0.554. The van der Waals surface area contributed by atoms with Crippen molar-refractivity contribution in [1.29, 1.82) is 0 Å². The minimum atomic E-state index is -3.59. The van der Waals surface area contributed by atoms with E-state index in [1.54, 1.807) is 30.1 Å². The lowest BCUT2D eigenvalue weighted by Crippen LogP contribution is -2.28. The first-order valence-corrected chi connectivity index (χ1v) is 9.87. The number of H-pyrrole nitrogens is 1. The first-order valence-electron chi connectivity index (χ1n) is 8.39. The van der Waals surface area contributed by atoms with Crippen molar-refractivity contribution in [2.45, 2.75) is 39.1 Å². The molecule has 0 spiro atoms. The van der Waals surface area contributed by atoms with Crippen molar-refractivity contribution in [3.63, 3.8) is 0 Å². The lowest BCUT2D eigenvalue weighted by atomic mass is 10.0. The topological polar surface area (TPSA) is 92.7 Å². The summed E-state index contributed by atoms with van der Waals surface area (Å²) in [6, 6.07) is 5.57. The molecule has 3 aromatic rings. The molecule has 0 fully saturated rings. The van der Waals surface area contributed by atoms with Gasteiger partial charge in [0.1, 0.15) is 0 Å². The van der Waals surface area contributed by atoms with Crippen molar-refractivity contribution in [3.05, 3.63) is 53.1 Å². The second-order valence-electron chi connectivity index (χ2n) is 6.47. The number of sulfonamides is 1. The average Bonchev–Trinajstić information content (AvgIpc) is 3.19. The van der Waals surface area contributed by atoms with Crippen LogP contribution in [0.4, 0.5) is 0 Å². The van der Waals surface area contributed by atoms with Gasteiger partial charge in [0, 0.05) is 24.0 Å². The van der Waals surface area contributed by atoms with Gasteiger partial charge in [0.2, 0.25) is 10.0 Å². The molecule has 2 N–H and O–H groups in total. The van der Waals surface area contributed by atoms with Gasteiger partial charge in [0.15, 0.2) is 0 Å². The number of aromatic amines is 1. The fraction of sp³-hybridized carbons (Fsp3) is 0.333. The van der Waals surface area contributed by atoms with E-state index in [1.807, 2.05) is 32.9 Å². The van der Waals surface area contributed by atoms with Gasteiger partial charge in [-0.05, 0) is 62.6 Å². The Hall–Kier alpha value is -2.45. The van der Waals surface area contributed by atoms with Gasteiger partial charge in [-0.25, -0.2) is 13.1 Å². The molecule has 0 amide bonds. The maximum absolute atomic E-state index is 12.7. The van der Waals surface area contributed by atoms with Crippen molar-refractivity contribution in [3.8, 4) is 11.1 Å². The Morgan fingerprint density at radius 1 is 1.12 bits per heavy atom. The van der Waals surface area contributed by atoms with Crippen LogP contribution in [0.1, 0.15) is 22.5 Å². The Kier molecular flexibility index (Phi) is 4.97. The molecular formula is C18H23N5O2S. The molecule has 0 aliphatic heterocycles. The van der Waals surface area contributed by atoms with E-state index in [0.717, 1.165) is 28.1 Å². The fourth-order valence-corrected chi connectivity index (χ4v) is 4.38. The zero-order valence-corrected chi connectivity index (χ0v) is 16.2. The first kappa shape index (κ1) is 18.3. The van der Waals surface area contributed by atoms with Gasteiger partial charge < -0.3 is 0 Å². The number of hydrogen-bond donors (Lipinski definition) is 2. The normalized spacial score (nSPS) is 11.8. The van der Waals surface area contributed by atoms with E-state index in [9.17, 15) is 8.42 Å². The molecule has 8 heteroatoms. The number of aromatic nitrogens is 4. The second-order valence-corrected chi connectivity index (χ2v) is 8.20. The molecule has 138 valence electrons. The van der Waals surface area contributed by atoms with E-state index >= 15 is 0 Å². The maximum atomic E-state index is 12.7. The van der Waals surface area contributed by atoms with E-state index in [1.165, 1.54) is 0 Å². The van der Waals surface area contributed by atoms with Crippen molar-refractivity contribution < 1.29 is 8.42 Å². The number of hydrogen-bond acceptors (Lipinski definition) is 4. The number of benzene rings is 1. The van der Waals surface area contributed by atoms with Crippen LogP contribution in [0.2, 0.25) is 0 Å². The summed E-state index contributed by atoms with van der Waals surface area (Å²) in [5.74, 6) is 0. The summed E-state index contributed by atoms with van der Waals surface area (Å²) in [6.07, 6.45) is 3.52. The third-order valence-electron chi connectivity index (χ3n) is 4.34. The summed E-state index contributed by atoms with van der Waals surface area (Å²) >= 11 is 0. The highest BCUT2D eigenvalue weighted by atomic mass is 32.2.